The lowest BCUT2D eigenvalue weighted by molar-refractivity contribution is -0.0950. The van der Waals surface area contributed by atoms with Crippen molar-refractivity contribution in [3.05, 3.63) is 30.3 Å². The fourth-order valence-electron chi connectivity index (χ4n) is 3.93. The summed E-state index contributed by atoms with van der Waals surface area (Å²) in [6, 6.07) is 10.9. The van der Waals surface area contributed by atoms with Crippen molar-refractivity contribution >= 4 is 11.8 Å². The van der Waals surface area contributed by atoms with E-state index in [-0.39, 0.29) is 0 Å². The second kappa shape index (κ2) is 4.05. The van der Waals surface area contributed by atoms with Crippen molar-refractivity contribution in [3.63, 3.8) is 0 Å². The highest BCUT2D eigenvalue weighted by molar-refractivity contribution is 8.00. The molecule has 0 aliphatic heterocycles. The van der Waals surface area contributed by atoms with Crippen LogP contribution in [0.3, 0.4) is 0 Å². The zero-order valence-corrected chi connectivity index (χ0v) is 11.8. The Morgan fingerprint density at radius 2 is 1.82 bits per heavy atom. The van der Waals surface area contributed by atoms with Crippen LogP contribution >= 0.6 is 11.8 Å². The maximum absolute atomic E-state index is 2.48. The van der Waals surface area contributed by atoms with Gasteiger partial charge in [-0.3, -0.25) is 0 Å². The number of hydrogen-bond donors (Lipinski definition) is 0. The standard InChI is InChI=1S/C16H22S/c1-11-14-9-12(16(14,2)3)10-15(11)17-13-7-5-4-6-8-13/h4-8,11-12,14-15H,9-10H2,1-3H3/t11-,12+,14-,15-/m0/s1. The van der Waals surface area contributed by atoms with Gasteiger partial charge < -0.3 is 0 Å². The minimum Gasteiger partial charge on any atom is -0.122 e. The van der Waals surface area contributed by atoms with Gasteiger partial charge in [-0.15, -0.1) is 11.8 Å². The van der Waals surface area contributed by atoms with Gasteiger partial charge in [-0.1, -0.05) is 39.0 Å². The van der Waals surface area contributed by atoms with Crippen LogP contribution in [0.15, 0.2) is 35.2 Å². The molecule has 0 radical (unpaired) electrons. The molecule has 3 aliphatic carbocycles. The van der Waals surface area contributed by atoms with E-state index in [0.29, 0.717) is 5.41 Å². The predicted molar refractivity (Wildman–Crippen MR) is 75.2 cm³/mol. The average molecular weight is 246 g/mol. The molecule has 17 heavy (non-hydrogen) atoms. The summed E-state index contributed by atoms with van der Waals surface area (Å²) in [6.45, 7) is 7.43. The molecule has 3 saturated carbocycles. The van der Waals surface area contributed by atoms with E-state index in [0.717, 1.165) is 23.0 Å². The van der Waals surface area contributed by atoms with Crippen LogP contribution in [0.2, 0.25) is 0 Å². The Bertz CT molecular complexity index is 395. The minimum atomic E-state index is 0.618. The molecule has 0 spiro atoms. The zero-order chi connectivity index (χ0) is 12.0. The van der Waals surface area contributed by atoms with Crippen molar-refractivity contribution in [1.82, 2.24) is 0 Å². The lowest BCUT2D eigenvalue weighted by Gasteiger charge is -2.62. The Balaban J connectivity index is 1.71. The number of fused-ring (bicyclic) bond motifs is 2. The van der Waals surface area contributed by atoms with Gasteiger partial charge in [-0.05, 0) is 48.1 Å². The zero-order valence-electron chi connectivity index (χ0n) is 11.0. The summed E-state index contributed by atoms with van der Waals surface area (Å²) in [5.74, 6) is 2.81. The molecule has 1 aromatic rings. The third-order valence-corrected chi connectivity index (χ3v) is 6.78. The second-order valence-electron chi connectivity index (χ2n) is 6.42. The molecule has 0 N–H and O–H groups in total. The van der Waals surface area contributed by atoms with Gasteiger partial charge in [-0.2, -0.15) is 0 Å². The quantitative estimate of drug-likeness (QED) is 0.719. The lowest BCUT2D eigenvalue weighted by atomic mass is 9.46. The van der Waals surface area contributed by atoms with E-state index in [4.69, 9.17) is 0 Å². The molecule has 4 atom stereocenters. The van der Waals surface area contributed by atoms with E-state index >= 15 is 0 Å². The van der Waals surface area contributed by atoms with E-state index in [1.807, 2.05) is 0 Å². The molecule has 3 fully saturated rings. The van der Waals surface area contributed by atoms with Crippen LogP contribution in [0.5, 0.6) is 0 Å². The van der Waals surface area contributed by atoms with Crippen LogP contribution in [0.25, 0.3) is 0 Å². The summed E-state index contributed by atoms with van der Waals surface area (Å²) in [5.41, 5.74) is 0.618. The Kier molecular flexibility index (Phi) is 2.77. The largest absolute Gasteiger partial charge is 0.122 e. The first-order valence-electron chi connectivity index (χ1n) is 6.80. The molecular weight excluding hydrogens is 224 g/mol. The van der Waals surface area contributed by atoms with E-state index < -0.39 is 0 Å². The maximum Gasteiger partial charge on any atom is 0.0126 e. The Morgan fingerprint density at radius 1 is 1.12 bits per heavy atom. The summed E-state index contributed by atoms with van der Waals surface area (Å²) in [5, 5.41) is 0.842. The molecule has 3 aliphatic rings. The van der Waals surface area contributed by atoms with Crippen molar-refractivity contribution < 1.29 is 0 Å². The van der Waals surface area contributed by atoms with Gasteiger partial charge in [0.25, 0.3) is 0 Å². The van der Waals surface area contributed by atoms with Crippen molar-refractivity contribution in [2.45, 2.75) is 43.8 Å². The highest BCUT2D eigenvalue weighted by Gasteiger charge is 2.56. The van der Waals surface area contributed by atoms with Crippen molar-refractivity contribution in [3.8, 4) is 0 Å². The van der Waals surface area contributed by atoms with E-state index in [1.54, 1.807) is 0 Å². The lowest BCUT2D eigenvalue weighted by Crippen LogP contribution is -2.55. The summed E-state index contributed by atoms with van der Waals surface area (Å²) in [7, 11) is 0. The molecule has 0 unspecified atom stereocenters. The van der Waals surface area contributed by atoms with Gasteiger partial charge in [0.2, 0.25) is 0 Å². The SMILES string of the molecule is C[C@@H]1[C@@H](Sc2ccccc2)C[C@H]2C[C@@H]1C2(C)C. The summed E-state index contributed by atoms with van der Waals surface area (Å²) in [6.07, 6.45) is 2.91. The topological polar surface area (TPSA) is 0 Å². The summed E-state index contributed by atoms with van der Waals surface area (Å²) < 4.78 is 0. The average Bonchev–Trinajstić information content (AvgIpc) is 2.32. The fourth-order valence-corrected chi connectivity index (χ4v) is 5.33. The molecule has 92 valence electrons. The number of rotatable bonds is 2. The predicted octanol–water partition coefficient (Wildman–Crippen LogP) is 4.85. The van der Waals surface area contributed by atoms with Crippen molar-refractivity contribution in [2.75, 3.05) is 0 Å². The van der Waals surface area contributed by atoms with Crippen LogP contribution in [0.1, 0.15) is 33.6 Å². The fraction of sp³-hybridized carbons (Fsp3) is 0.625. The molecule has 1 heteroatoms. The second-order valence-corrected chi connectivity index (χ2v) is 7.74. The third-order valence-electron chi connectivity index (χ3n) is 5.31. The smallest absolute Gasteiger partial charge is 0.0126 e. The van der Waals surface area contributed by atoms with Gasteiger partial charge in [0, 0.05) is 10.1 Å². The van der Waals surface area contributed by atoms with Gasteiger partial charge in [0.15, 0.2) is 0 Å². The van der Waals surface area contributed by atoms with Crippen LogP contribution < -0.4 is 0 Å². The van der Waals surface area contributed by atoms with E-state index in [2.05, 4.69) is 62.9 Å². The Labute approximate surface area is 109 Å². The summed E-state index contributed by atoms with van der Waals surface area (Å²) in [4.78, 5) is 1.45. The maximum atomic E-state index is 2.48. The van der Waals surface area contributed by atoms with Gasteiger partial charge in [-0.25, -0.2) is 0 Å². The van der Waals surface area contributed by atoms with Crippen LogP contribution in [-0.4, -0.2) is 5.25 Å². The monoisotopic (exact) mass is 246 g/mol. The normalized spacial score (nSPS) is 38.5. The van der Waals surface area contributed by atoms with Crippen molar-refractivity contribution in [2.24, 2.45) is 23.2 Å². The minimum absolute atomic E-state index is 0.618. The third kappa shape index (κ3) is 1.83. The first-order chi connectivity index (χ1) is 8.09. The molecule has 0 nitrogen and oxygen atoms in total. The van der Waals surface area contributed by atoms with Crippen LogP contribution in [-0.2, 0) is 0 Å². The molecular formula is C16H22S. The Morgan fingerprint density at radius 3 is 2.41 bits per heavy atom. The van der Waals surface area contributed by atoms with Crippen molar-refractivity contribution in [1.29, 1.82) is 0 Å². The van der Waals surface area contributed by atoms with Crippen LogP contribution in [0, 0.1) is 23.2 Å². The van der Waals surface area contributed by atoms with Gasteiger partial charge >= 0.3 is 0 Å². The first kappa shape index (κ1) is 11.6. The van der Waals surface area contributed by atoms with Crippen LogP contribution in [0.4, 0.5) is 0 Å². The molecule has 4 rings (SSSR count). The molecule has 2 bridgehead atoms. The molecule has 0 amide bonds. The number of thioether (sulfide) groups is 1. The molecule has 0 heterocycles. The summed E-state index contributed by atoms with van der Waals surface area (Å²) >= 11 is 2.11. The first-order valence-corrected chi connectivity index (χ1v) is 7.68. The van der Waals surface area contributed by atoms with E-state index in [1.165, 1.54) is 17.7 Å². The molecule has 0 saturated heterocycles. The van der Waals surface area contributed by atoms with E-state index in [9.17, 15) is 0 Å². The molecule has 0 aromatic heterocycles. The Hall–Kier alpha value is -0.430. The number of hydrogen-bond acceptors (Lipinski definition) is 1. The molecule has 1 aromatic carbocycles. The van der Waals surface area contributed by atoms with Gasteiger partial charge in [0.1, 0.15) is 0 Å². The number of benzene rings is 1. The van der Waals surface area contributed by atoms with Gasteiger partial charge in [0.05, 0.1) is 0 Å². The highest BCUT2D eigenvalue weighted by atomic mass is 32.2. The highest BCUT2D eigenvalue weighted by Crippen LogP contribution is 2.63.